The molecule has 0 unspecified atom stereocenters. The first-order chi connectivity index (χ1) is 5.04. The van der Waals surface area contributed by atoms with Crippen molar-refractivity contribution < 1.29 is 5.11 Å². The Bertz CT molecular complexity index is 268. The largest absolute Gasteiger partial charge is 0.506 e. The molecule has 0 aromatic heterocycles. The molecule has 0 heterocycles. The van der Waals surface area contributed by atoms with Crippen LogP contribution in [0, 0.1) is 13.8 Å². The first kappa shape index (κ1) is 8.69. The summed E-state index contributed by atoms with van der Waals surface area (Å²) in [4.78, 5) is 0. The van der Waals surface area contributed by atoms with Crippen molar-refractivity contribution in [3.63, 3.8) is 0 Å². The van der Waals surface area contributed by atoms with Crippen LogP contribution in [-0.2, 0) is 0 Å². The fourth-order valence-corrected chi connectivity index (χ4v) is 1.38. The predicted octanol–water partition coefficient (Wildman–Crippen LogP) is 3.32. The SMILES string of the molecule is Cc1cc(Cl)c(C)c(Cl)c1O. The van der Waals surface area contributed by atoms with Crippen LogP contribution in [0.2, 0.25) is 10.0 Å². The third-order valence-electron chi connectivity index (χ3n) is 1.61. The Kier molecular flexibility index (Phi) is 2.31. The number of hydrogen-bond donors (Lipinski definition) is 1. The van der Waals surface area contributed by atoms with Crippen LogP contribution in [0.25, 0.3) is 0 Å². The highest BCUT2D eigenvalue weighted by Crippen LogP contribution is 2.34. The van der Waals surface area contributed by atoms with Gasteiger partial charge < -0.3 is 5.11 Å². The van der Waals surface area contributed by atoms with E-state index in [1.165, 1.54) is 0 Å². The summed E-state index contributed by atoms with van der Waals surface area (Å²) in [5.41, 5.74) is 1.42. The maximum atomic E-state index is 9.32. The van der Waals surface area contributed by atoms with Gasteiger partial charge in [0, 0.05) is 5.02 Å². The topological polar surface area (TPSA) is 20.2 Å². The minimum Gasteiger partial charge on any atom is -0.506 e. The van der Waals surface area contributed by atoms with Gasteiger partial charge in [-0.25, -0.2) is 0 Å². The second-order valence-electron chi connectivity index (χ2n) is 2.46. The molecular formula is C8H8Cl2O. The number of aromatic hydroxyl groups is 1. The van der Waals surface area contributed by atoms with Crippen LogP contribution in [-0.4, -0.2) is 5.11 Å². The number of phenols is 1. The Hall–Kier alpha value is -0.400. The molecule has 1 aromatic carbocycles. The summed E-state index contributed by atoms with van der Waals surface area (Å²) < 4.78 is 0. The molecule has 0 bridgehead atoms. The molecule has 0 aliphatic carbocycles. The van der Waals surface area contributed by atoms with Gasteiger partial charge in [-0.05, 0) is 31.0 Å². The summed E-state index contributed by atoms with van der Waals surface area (Å²) >= 11 is 11.5. The molecule has 0 atom stereocenters. The molecule has 0 spiro atoms. The molecule has 11 heavy (non-hydrogen) atoms. The molecule has 0 amide bonds. The van der Waals surface area contributed by atoms with Crippen molar-refractivity contribution in [2.75, 3.05) is 0 Å². The number of halogens is 2. The van der Waals surface area contributed by atoms with E-state index in [1.54, 1.807) is 19.9 Å². The third-order valence-corrected chi connectivity index (χ3v) is 2.47. The standard InChI is InChI=1S/C8H8Cl2O/c1-4-3-6(9)5(2)7(10)8(4)11/h3,11H,1-2H3. The molecule has 0 saturated heterocycles. The van der Waals surface area contributed by atoms with Crippen LogP contribution in [0.15, 0.2) is 6.07 Å². The van der Waals surface area contributed by atoms with E-state index in [0.717, 1.165) is 5.56 Å². The quantitative estimate of drug-likeness (QED) is 0.666. The maximum absolute atomic E-state index is 9.32. The molecule has 3 heteroatoms. The molecule has 0 aliphatic rings. The highest BCUT2D eigenvalue weighted by molar-refractivity contribution is 6.37. The van der Waals surface area contributed by atoms with E-state index in [0.29, 0.717) is 15.6 Å². The number of aryl methyl sites for hydroxylation is 1. The van der Waals surface area contributed by atoms with E-state index < -0.39 is 0 Å². The lowest BCUT2D eigenvalue weighted by Gasteiger charge is -2.05. The van der Waals surface area contributed by atoms with E-state index in [2.05, 4.69) is 0 Å². The van der Waals surface area contributed by atoms with E-state index in [9.17, 15) is 5.11 Å². The maximum Gasteiger partial charge on any atom is 0.137 e. The van der Waals surface area contributed by atoms with Crippen LogP contribution >= 0.6 is 23.2 Å². The fourth-order valence-electron chi connectivity index (χ4n) is 0.822. The lowest BCUT2D eigenvalue weighted by atomic mass is 10.1. The molecule has 1 rings (SSSR count). The van der Waals surface area contributed by atoms with Crippen molar-refractivity contribution in [3.05, 3.63) is 27.2 Å². The van der Waals surface area contributed by atoms with Crippen molar-refractivity contribution >= 4 is 23.2 Å². The van der Waals surface area contributed by atoms with Gasteiger partial charge in [-0.1, -0.05) is 23.2 Å². The number of hydrogen-bond acceptors (Lipinski definition) is 1. The Labute approximate surface area is 75.6 Å². The highest BCUT2D eigenvalue weighted by Gasteiger charge is 2.08. The predicted molar refractivity (Wildman–Crippen MR) is 47.6 cm³/mol. The molecule has 1 aromatic rings. The van der Waals surface area contributed by atoms with E-state index in [-0.39, 0.29) is 5.75 Å². The van der Waals surface area contributed by atoms with Crippen LogP contribution in [0.3, 0.4) is 0 Å². The zero-order chi connectivity index (χ0) is 8.59. The van der Waals surface area contributed by atoms with E-state index in [1.807, 2.05) is 0 Å². The van der Waals surface area contributed by atoms with Crippen molar-refractivity contribution in [1.82, 2.24) is 0 Å². The summed E-state index contributed by atoms with van der Waals surface area (Å²) in [7, 11) is 0. The first-order valence-electron chi connectivity index (χ1n) is 3.18. The van der Waals surface area contributed by atoms with E-state index in [4.69, 9.17) is 23.2 Å². The normalized spacial score (nSPS) is 10.2. The van der Waals surface area contributed by atoms with E-state index >= 15 is 0 Å². The Balaban J connectivity index is 3.46. The van der Waals surface area contributed by atoms with Crippen LogP contribution in [0.5, 0.6) is 5.75 Å². The van der Waals surface area contributed by atoms with Gasteiger partial charge >= 0.3 is 0 Å². The van der Waals surface area contributed by atoms with Gasteiger partial charge in [-0.3, -0.25) is 0 Å². The first-order valence-corrected chi connectivity index (χ1v) is 3.93. The van der Waals surface area contributed by atoms with Crippen LogP contribution < -0.4 is 0 Å². The van der Waals surface area contributed by atoms with Crippen molar-refractivity contribution in [2.45, 2.75) is 13.8 Å². The lowest BCUT2D eigenvalue weighted by Crippen LogP contribution is -1.82. The number of phenolic OH excluding ortho intramolecular Hbond substituents is 1. The summed E-state index contributed by atoms with van der Waals surface area (Å²) in [5.74, 6) is 0.119. The molecule has 1 N–H and O–H groups in total. The highest BCUT2D eigenvalue weighted by atomic mass is 35.5. The number of rotatable bonds is 0. The Morgan fingerprint density at radius 1 is 1.27 bits per heavy atom. The van der Waals surface area contributed by atoms with Crippen LogP contribution in [0.1, 0.15) is 11.1 Å². The average Bonchev–Trinajstić information content (AvgIpc) is 1.97. The van der Waals surface area contributed by atoms with Gasteiger partial charge in [0.25, 0.3) is 0 Å². The summed E-state index contributed by atoms with van der Waals surface area (Å²) in [6.45, 7) is 3.52. The Morgan fingerprint density at radius 3 is 2.36 bits per heavy atom. The van der Waals surface area contributed by atoms with Gasteiger partial charge in [0.15, 0.2) is 0 Å². The second-order valence-corrected chi connectivity index (χ2v) is 3.25. The smallest absolute Gasteiger partial charge is 0.137 e. The molecule has 1 nitrogen and oxygen atoms in total. The zero-order valence-electron chi connectivity index (χ0n) is 6.28. The minimum absolute atomic E-state index is 0.119. The van der Waals surface area contributed by atoms with Gasteiger partial charge in [-0.15, -0.1) is 0 Å². The summed E-state index contributed by atoms with van der Waals surface area (Å²) in [5, 5.41) is 10.3. The molecule has 0 aliphatic heterocycles. The van der Waals surface area contributed by atoms with Gasteiger partial charge in [0.2, 0.25) is 0 Å². The lowest BCUT2D eigenvalue weighted by molar-refractivity contribution is 0.471. The molecule has 0 saturated carbocycles. The van der Waals surface area contributed by atoms with Gasteiger partial charge in [-0.2, -0.15) is 0 Å². The fraction of sp³-hybridized carbons (Fsp3) is 0.250. The number of benzene rings is 1. The van der Waals surface area contributed by atoms with Crippen molar-refractivity contribution in [3.8, 4) is 5.75 Å². The molecule has 0 fully saturated rings. The van der Waals surface area contributed by atoms with Crippen molar-refractivity contribution in [2.24, 2.45) is 0 Å². The van der Waals surface area contributed by atoms with Crippen molar-refractivity contribution in [1.29, 1.82) is 0 Å². The third kappa shape index (κ3) is 1.44. The Morgan fingerprint density at radius 2 is 1.82 bits per heavy atom. The van der Waals surface area contributed by atoms with Crippen LogP contribution in [0.4, 0.5) is 0 Å². The molecule has 0 radical (unpaired) electrons. The van der Waals surface area contributed by atoms with Gasteiger partial charge in [0.05, 0.1) is 5.02 Å². The molecule has 60 valence electrons. The molecular weight excluding hydrogens is 183 g/mol. The summed E-state index contributed by atoms with van der Waals surface area (Å²) in [6, 6.07) is 1.69. The van der Waals surface area contributed by atoms with Gasteiger partial charge in [0.1, 0.15) is 5.75 Å². The summed E-state index contributed by atoms with van der Waals surface area (Å²) in [6.07, 6.45) is 0. The average molecular weight is 191 g/mol. The second kappa shape index (κ2) is 2.92. The monoisotopic (exact) mass is 190 g/mol. The minimum atomic E-state index is 0.119. The zero-order valence-corrected chi connectivity index (χ0v) is 7.79.